The number of carbonyl (C=O) groups is 1. The van der Waals surface area contributed by atoms with E-state index in [1.165, 1.54) is 10.6 Å². The summed E-state index contributed by atoms with van der Waals surface area (Å²) < 4.78 is 1.48. The van der Waals surface area contributed by atoms with Gasteiger partial charge in [-0.05, 0) is 19.1 Å². The van der Waals surface area contributed by atoms with Crippen LogP contribution < -0.4 is 15.8 Å². The zero-order chi connectivity index (χ0) is 18.4. The summed E-state index contributed by atoms with van der Waals surface area (Å²) in [5, 5.41) is 9.83. The van der Waals surface area contributed by atoms with Gasteiger partial charge in [0.2, 0.25) is 5.95 Å². The van der Waals surface area contributed by atoms with Gasteiger partial charge < -0.3 is 15.3 Å². The summed E-state index contributed by atoms with van der Waals surface area (Å²) in [6.07, 6.45) is 4.89. The number of fused-ring (bicyclic) bond motifs is 1. The molecular formula is C16H18N6O3. The lowest BCUT2D eigenvalue weighted by Gasteiger charge is -2.15. The van der Waals surface area contributed by atoms with Crippen molar-refractivity contribution in [1.29, 1.82) is 0 Å². The Bertz CT molecular complexity index is 939. The van der Waals surface area contributed by atoms with Gasteiger partial charge in [0.05, 0.1) is 6.20 Å². The lowest BCUT2D eigenvalue weighted by molar-refractivity contribution is -0.122. The molecule has 2 N–H and O–H groups in total. The number of nitrogens with one attached hydrogen (secondary N) is 1. The largest absolute Gasteiger partial charge is 0.483 e. The Morgan fingerprint density at radius 3 is 2.64 bits per heavy atom. The molecule has 25 heavy (non-hydrogen) atoms. The van der Waals surface area contributed by atoms with Crippen LogP contribution in [0.15, 0.2) is 41.6 Å². The number of hydrogen-bond donors (Lipinski definition) is 2. The molecule has 0 spiro atoms. The summed E-state index contributed by atoms with van der Waals surface area (Å²) in [4.78, 5) is 35.5. The molecule has 3 heterocycles. The Labute approximate surface area is 143 Å². The molecule has 0 aromatic carbocycles. The van der Waals surface area contributed by atoms with Crippen LogP contribution in [0.4, 0.5) is 17.5 Å². The summed E-state index contributed by atoms with van der Waals surface area (Å²) in [6, 6.07) is 5.39. The molecule has 3 rings (SSSR count). The van der Waals surface area contributed by atoms with Crippen LogP contribution in [-0.2, 0) is 4.79 Å². The van der Waals surface area contributed by atoms with Gasteiger partial charge in [0.15, 0.2) is 0 Å². The highest BCUT2D eigenvalue weighted by Gasteiger charge is 2.09. The SMILES string of the molecule is Cc1cnc(Nc2cnc3ccccn3c2=O)nc1N(C)C.O=CO. The average molecular weight is 342 g/mol. The molecule has 0 aliphatic rings. The summed E-state index contributed by atoms with van der Waals surface area (Å²) >= 11 is 0. The van der Waals surface area contributed by atoms with E-state index < -0.39 is 0 Å². The smallest absolute Gasteiger partial charge is 0.290 e. The lowest BCUT2D eigenvalue weighted by atomic mass is 10.3. The maximum atomic E-state index is 12.4. The predicted molar refractivity (Wildman–Crippen MR) is 94.5 cm³/mol. The van der Waals surface area contributed by atoms with Crippen LogP contribution in [0.5, 0.6) is 0 Å². The van der Waals surface area contributed by atoms with Crippen LogP contribution in [0.25, 0.3) is 5.65 Å². The Morgan fingerprint density at radius 2 is 1.96 bits per heavy atom. The van der Waals surface area contributed by atoms with Crippen molar-refractivity contribution in [2.24, 2.45) is 0 Å². The van der Waals surface area contributed by atoms with E-state index in [1.807, 2.05) is 32.0 Å². The van der Waals surface area contributed by atoms with Crippen molar-refractivity contribution in [3.63, 3.8) is 0 Å². The van der Waals surface area contributed by atoms with E-state index in [9.17, 15) is 4.79 Å². The second-order valence-corrected chi connectivity index (χ2v) is 5.23. The number of carboxylic acid groups (broad SMARTS) is 1. The van der Waals surface area contributed by atoms with E-state index in [4.69, 9.17) is 9.90 Å². The number of aryl methyl sites for hydroxylation is 1. The molecule has 0 fully saturated rings. The Morgan fingerprint density at radius 1 is 1.24 bits per heavy atom. The van der Waals surface area contributed by atoms with Crippen molar-refractivity contribution < 1.29 is 9.90 Å². The fraction of sp³-hybridized carbons (Fsp3) is 0.188. The number of aromatic nitrogens is 4. The second kappa shape index (κ2) is 7.86. The van der Waals surface area contributed by atoms with Crippen molar-refractivity contribution in [3.8, 4) is 0 Å². The van der Waals surface area contributed by atoms with E-state index >= 15 is 0 Å². The minimum Gasteiger partial charge on any atom is -0.483 e. The van der Waals surface area contributed by atoms with Gasteiger partial charge in [0.25, 0.3) is 12.0 Å². The van der Waals surface area contributed by atoms with Gasteiger partial charge in [-0.3, -0.25) is 14.0 Å². The highest BCUT2D eigenvalue weighted by atomic mass is 16.3. The standard InChI is InChI=1S/C15H16N6O.CH2O2/c1-10-8-17-15(19-13(10)20(2)3)18-11-9-16-12-6-4-5-7-21(12)14(11)22;2-1-3/h4-9H,1-3H3,(H,17,18,19);1H,(H,2,3). The molecule has 3 aromatic heterocycles. The first kappa shape index (κ1) is 17.9. The molecule has 0 aliphatic heterocycles. The Kier molecular flexibility index (Phi) is 5.62. The second-order valence-electron chi connectivity index (χ2n) is 5.23. The zero-order valence-corrected chi connectivity index (χ0v) is 14.0. The molecule has 9 heteroatoms. The molecule has 130 valence electrons. The number of rotatable bonds is 3. The van der Waals surface area contributed by atoms with Crippen molar-refractivity contribution in [2.75, 3.05) is 24.3 Å². The van der Waals surface area contributed by atoms with Crippen LogP contribution >= 0.6 is 0 Å². The number of hydrogen-bond acceptors (Lipinski definition) is 7. The average Bonchev–Trinajstić information content (AvgIpc) is 2.59. The van der Waals surface area contributed by atoms with Gasteiger partial charge in [-0.2, -0.15) is 4.98 Å². The molecule has 0 radical (unpaired) electrons. The fourth-order valence-corrected chi connectivity index (χ4v) is 2.18. The number of pyridine rings is 1. The van der Waals surface area contributed by atoms with Crippen LogP contribution in [0.2, 0.25) is 0 Å². The molecule has 0 aliphatic carbocycles. The van der Waals surface area contributed by atoms with Gasteiger partial charge in [0, 0.05) is 32.1 Å². The van der Waals surface area contributed by atoms with Crippen molar-refractivity contribution in [2.45, 2.75) is 6.92 Å². The minimum absolute atomic E-state index is 0.193. The summed E-state index contributed by atoms with van der Waals surface area (Å²) in [5.41, 5.74) is 1.69. The highest BCUT2D eigenvalue weighted by Crippen LogP contribution is 2.16. The Balaban J connectivity index is 0.000000701. The van der Waals surface area contributed by atoms with Gasteiger partial charge in [0.1, 0.15) is 17.2 Å². The molecule has 0 bridgehead atoms. The third kappa shape index (κ3) is 4.08. The van der Waals surface area contributed by atoms with Gasteiger partial charge >= 0.3 is 0 Å². The third-order valence-corrected chi connectivity index (χ3v) is 3.23. The van der Waals surface area contributed by atoms with Gasteiger partial charge in [-0.25, -0.2) is 9.97 Å². The van der Waals surface area contributed by atoms with E-state index in [0.29, 0.717) is 17.3 Å². The number of anilines is 3. The summed E-state index contributed by atoms with van der Waals surface area (Å²) in [6.45, 7) is 1.69. The van der Waals surface area contributed by atoms with E-state index in [0.717, 1.165) is 11.4 Å². The molecule has 3 aromatic rings. The first-order valence-corrected chi connectivity index (χ1v) is 7.30. The molecule has 0 atom stereocenters. The van der Waals surface area contributed by atoms with E-state index in [1.54, 1.807) is 24.5 Å². The molecular weight excluding hydrogens is 324 g/mol. The quantitative estimate of drug-likeness (QED) is 0.685. The highest BCUT2D eigenvalue weighted by molar-refractivity contribution is 5.56. The van der Waals surface area contributed by atoms with Crippen molar-refractivity contribution in [1.82, 2.24) is 19.4 Å². The van der Waals surface area contributed by atoms with Crippen LogP contribution in [-0.4, -0.2) is 45.0 Å². The Hall–Kier alpha value is -3.49. The van der Waals surface area contributed by atoms with E-state index in [2.05, 4.69) is 20.3 Å². The molecule has 0 unspecified atom stereocenters. The number of nitrogens with zero attached hydrogens (tertiary/aromatic N) is 5. The monoisotopic (exact) mass is 342 g/mol. The fourth-order valence-electron chi connectivity index (χ4n) is 2.18. The minimum atomic E-state index is -0.250. The molecule has 0 saturated carbocycles. The van der Waals surface area contributed by atoms with Crippen LogP contribution in [0.3, 0.4) is 0 Å². The van der Waals surface area contributed by atoms with Crippen molar-refractivity contribution >= 4 is 29.6 Å². The summed E-state index contributed by atoms with van der Waals surface area (Å²) in [7, 11) is 3.82. The topological polar surface area (TPSA) is 113 Å². The lowest BCUT2D eigenvalue weighted by Crippen LogP contribution is -2.19. The molecule has 0 saturated heterocycles. The van der Waals surface area contributed by atoms with Crippen molar-refractivity contribution in [3.05, 3.63) is 52.7 Å². The predicted octanol–water partition coefficient (Wildman–Crippen LogP) is 1.30. The molecule has 9 nitrogen and oxygen atoms in total. The third-order valence-electron chi connectivity index (χ3n) is 3.23. The normalized spacial score (nSPS) is 9.88. The maximum absolute atomic E-state index is 12.4. The summed E-state index contributed by atoms with van der Waals surface area (Å²) in [5.74, 6) is 1.16. The first-order valence-electron chi connectivity index (χ1n) is 7.30. The zero-order valence-electron chi connectivity index (χ0n) is 14.0. The van der Waals surface area contributed by atoms with Crippen LogP contribution in [0, 0.1) is 6.92 Å². The van der Waals surface area contributed by atoms with Gasteiger partial charge in [-0.1, -0.05) is 6.07 Å². The first-order chi connectivity index (χ1) is 12.0. The van der Waals surface area contributed by atoms with E-state index in [-0.39, 0.29) is 12.0 Å². The van der Waals surface area contributed by atoms with Crippen LogP contribution in [0.1, 0.15) is 5.56 Å². The molecule has 0 amide bonds. The maximum Gasteiger partial charge on any atom is 0.290 e. The van der Waals surface area contributed by atoms with Gasteiger partial charge in [-0.15, -0.1) is 0 Å².